The summed E-state index contributed by atoms with van der Waals surface area (Å²) in [5.41, 5.74) is 5.23. The normalized spacial score (nSPS) is 17.0. The van der Waals surface area contributed by atoms with E-state index in [1.54, 1.807) is 30.3 Å². The molecule has 9 heteroatoms. The Balaban J connectivity index is 0.000000207. The Bertz CT molecular complexity index is 1590. The van der Waals surface area contributed by atoms with Gasteiger partial charge in [-0.05, 0) is 72.1 Å². The fraction of sp³-hybridized carbons (Fsp3) is 0.382. The number of methoxy groups -OCH3 is 1. The fourth-order valence-electron chi connectivity index (χ4n) is 5.92. The Labute approximate surface area is 249 Å². The maximum Gasteiger partial charge on any atom is 0.417 e. The second kappa shape index (κ2) is 12.6. The molecule has 6 nitrogen and oxygen atoms in total. The monoisotopic (exact) mass is 592 g/mol. The summed E-state index contributed by atoms with van der Waals surface area (Å²) in [6.07, 6.45) is -0.840. The van der Waals surface area contributed by atoms with Crippen molar-refractivity contribution in [2.24, 2.45) is 0 Å². The van der Waals surface area contributed by atoms with Crippen molar-refractivity contribution in [1.29, 1.82) is 0 Å². The predicted molar refractivity (Wildman–Crippen MR) is 157 cm³/mol. The van der Waals surface area contributed by atoms with E-state index >= 15 is 0 Å². The van der Waals surface area contributed by atoms with Gasteiger partial charge in [-0.25, -0.2) is 0 Å². The number of aromatic nitrogens is 2. The van der Waals surface area contributed by atoms with E-state index in [-0.39, 0.29) is 11.9 Å². The number of ether oxygens (including phenoxy) is 2. The molecular weight excluding hydrogens is 557 g/mol. The van der Waals surface area contributed by atoms with E-state index in [0.29, 0.717) is 54.6 Å². The average Bonchev–Trinajstić information content (AvgIpc) is 3.75. The highest BCUT2D eigenvalue weighted by atomic mass is 19.4. The summed E-state index contributed by atoms with van der Waals surface area (Å²) in [4.78, 5) is 15.4. The number of hydrogen-bond donors (Lipinski definition) is 0. The number of alkyl halides is 3. The largest absolute Gasteiger partial charge is 0.493 e. The molecule has 0 radical (unpaired) electrons. The lowest BCUT2D eigenvalue weighted by atomic mass is 9.89. The minimum atomic E-state index is -4.39. The molecule has 1 aliphatic carbocycles. The molecule has 0 saturated carbocycles. The summed E-state index contributed by atoms with van der Waals surface area (Å²) in [7, 11) is 1.41. The lowest BCUT2D eigenvalue weighted by Crippen LogP contribution is -2.09. The van der Waals surface area contributed by atoms with Crippen LogP contribution in [-0.2, 0) is 28.5 Å². The standard InChI is InChI=1S/C22H21F3N2O.C12H14O3/c1-3-13-9-10-17-16(13)11-12-18(22(23,24)25)20(17)14-5-7-15(8-6-14)21-26-19(4-2)28-27-21;1-8-3-4-10-9(6-12(13)14-2)7-15-11(10)5-8/h5-8,11-13H,3-4,9-10H2,1-2H3;3-5,9H,6-7H2,1-2H3/t13-;9-/m11/s1. The summed E-state index contributed by atoms with van der Waals surface area (Å²) >= 11 is 0. The minimum absolute atomic E-state index is 0.146. The molecular formula is C34H35F3N2O4. The highest BCUT2D eigenvalue weighted by molar-refractivity contribution is 5.76. The van der Waals surface area contributed by atoms with Crippen molar-refractivity contribution >= 4 is 5.97 Å². The number of hydrogen-bond acceptors (Lipinski definition) is 6. The van der Waals surface area contributed by atoms with Crippen molar-refractivity contribution in [2.75, 3.05) is 13.7 Å². The number of carbonyl (C=O) groups excluding carboxylic acids is 1. The summed E-state index contributed by atoms with van der Waals surface area (Å²) in [6, 6.07) is 15.9. The fourth-order valence-corrected chi connectivity index (χ4v) is 5.92. The number of halogens is 3. The molecule has 3 aromatic carbocycles. The molecule has 2 aliphatic rings. The van der Waals surface area contributed by atoms with Gasteiger partial charge < -0.3 is 14.0 Å². The van der Waals surface area contributed by atoms with Crippen LogP contribution in [0.4, 0.5) is 13.2 Å². The molecule has 226 valence electrons. The molecule has 0 saturated heterocycles. The van der Waals surface area contributed by atoms with Gasteiger partial charge in [0.1, 0.15) is 5.75 Å². The van der Waals surface area contributed by atoms with E-state index < -0.39 is 11.7 Å². The van der Waals surface area contributed by atoms with Gasteiger partial charge in [0, 0.05) is 23.5 Å². The van der Waals surface area contributed by atoms with Crippen LogP contribution in [0.15, 0.2) is 59.1 Å². The second-order valence-electron chi connectivity index (χ2n) is 11.0. The number of carbonyl (C=O) groups is 1. The number of rotatable bonds is 6. The van der Waals surface area contributed by atoms with Crippen molar-refractivity contribution in [3.05, 3.63) is 88.3 Å². The number of nitrogens with zero attached hydrogens (tertiary/aromatic N) is 2. The van der Waals surface area contributed by atoms with Crippen molar-refractivity contribution in [1.82, 2.24) is 10.1 Å². The highest BCUT2D eigenvalue weighted by Crippen LogP contribution is 2.46. The van der Waals surface area contributed by atoms with E-state index in [9.17, 15) is 18.0 Å². The van der Waals surface area contributed by atoms with Gasteiger partial charge in [0.05, 0.1) is 25.7 Å². The molecule has 2 heterocycles. The van der Waals surface area contributed by atoms with Crippen LogP contribution in [-0.4, -0.2) is 29.8 Å². The molecule has 43 heavy (non-hydrogen) atoms. The number of fused-ring (bicyclic) bond motifs is 2. The molecule has 1 aromatic heterocycles. The smallest absolute Gasteiger partial charge is 0.417 e. The van der Waals surface area contributed by atoms with Crippen LogP contribution in [0, 0.1) is 6.92 Å². The molecule has 4 aromatic rings. The van der Waals surface area contributed by atoms with E-state index in [1.165, 1.54) is 18.7 Å². The third kappa shape index (κ3) is 6.45. The molecule has 0 N–H and O–H groups in total. The molecule has 2 atom stereocenters. The maximum atomic E-state index is 13.7. The first-order valence-electron chi connectivity index (χ1n) is 14.6. The van der Waals surface area contributed by atoms with Crippen molar-refractivity contribution in [3.63, 3.8) is 0 Å². The number of esters is 1. The Kier molecular flexibility index (Phi) is 8.89. The van der Waals surface area contributed by atoms with Gasteiger partial charge in [0.15, 0.2) is 0 Å². The van der Waals surface area contributed by atoms with Crippen LogP contribution in [0.2, 0.25) is 0 Å². The topological polar surface area (TPSA) is 74.5 Å². The Morgan fingerprint density at radius 3 is 2.37 bits per heavy atom. The third-order valence-corrected chi connectivity index (χ3v) is 8.22. The van der Waals surface area contributed by atoms with E-state index in [0.717, 1.165) is 40.8 Å². The summed E-state index contributed by atoms with van der Waals surface area (Å²) in [5.74, 6) is 2.18. The lowest BCUT2D eigenvalue weighted by Gasteiger charge is -2.18. The zero-order valence-electron chi connectivity index (χ0n) is 24.8. The molecule has 0 unspecified atom stereocenters. The molecule has 6 rings (SSSR count). The van der Waals surface area contributed by atoms with Crippen LogP contribution < -0.4 is 4.74 Å². The Morgan fingerprint density at radius 2 is 1.72 bits per heavy atom. The van der Waals surface area contributed by atoms with Gasteiger partial charge in [0.25, 0.3) is 0 Å². The SMILES string of the molecule is CCc1nc(-c2ccc(-c3c(C(F)(F)F)ccc4c3CC[C@H]4CC)cc2)no1.COC(=O)C[C@@H]1COc2cc(C)ccc21. The predicted octanol–water partition coefficient (Wildman–Crippen LogP) is 8.46. The van der Waals surface area contributed by atoms with E-state index in [2.05, 4.69) is 21.8 Å². The van der Waals surface area contributed by atoms with Crippen LogP contribution >= 0.6 is 0 Å². The second-order valence-corrected chi connectivity index (χ2v) is 11.0. The average molecular weight is 593 g/mol. The molecule has 0 amide bonds. The van der Waals surface area contributed by atoms with Crippen molar-refractivity contribution < 1.29 is 32.0 Å². The van der Waals surface area contributed by atoms with Gasteiger partial charge in [-0.1, -0.05) is 61.5 Å². The van der Waals surface area contributed by atoms with Crippen LogP contribution in [0.25, 0.3) is 22.5 Å². The van der Waals surface area contributed by atoms with Gasteiger partial charge in [-0.2, -0.15) is 18.2 Å². The molecule has 0 bridgehead atoms. The van der Waals surface area contributed by atoms with Gasteiger partial charge in [-0.3, -0.25) is 4.79 Å². The van der Waals surface area contributed by atoms with Crippen molar-refractivity contribution in [2.45, 2.75) is 70.9 Å². The molecule has 1 aliphatic heterocycles. The van der Waals surface area contributed by atoms with Crippen LogP contribution in [0.5, 0.6) is 5.75 Å². The number of benzene rings is 3. The van der Waals surface area contributed by atoms with Crippen molar-refractivity contribution in [3.8, 4) is 28.3 Å². The first kappa shape index (κ1) is 30.3. The van der Waals surface area contributed by atoms with Gasteiger partial charge in [-0.15, -0.1) is 0 Å². The highest BCUT2D eigenvalue weighted by Gasteiger charge is 2.37. The Morgan fingerprint density at radius 1 is 1.00 bits per heavy atom. The Hall–Kier alpha value is -4.14. The summed E-state index contributed by atoms with van der Waals surface area (Å²) in [6.45, 7) is 6.60. The summed E-state index contributed by atoms with van der Waals surface area (Å²) < 4.78 is 56.5. The molecule has 0 spiro atoms. The third-order valence-electron chi connectivity index (χ3n) is 8.22. The van der Waals surface area contributed by atoms with Crippen LogP contribution in [0.3, 0.4) is 0 Å². The minimum Gasteiger partial charge on any atom is -0.493 e. The van der Waals surface area contributed by atoms with Crippen LogP contribution in [0.1, 0.15) is 78.7 Å². The van der Waals surface area contributed by atoms with Gasteiger partial charge >= 0.3 is 12.1 Å². The molecule has 0 fully saturated rings. The first-order chi connectivity index (χ1) is 20.6. The quantitative estimate of drug-likeness (QED) is 0.209. The van der Waals surface area contributed by atoms with E-state index in [4.69, 9.17) is 9.26 Å². The number of aryl methyl sites for hydroxylation is 2. The lowest BCUT2D eigenvalue weighted by molar-refractivity contribution is -0.141. The van der Waals surface area contributed by atoms with E-state index in [1.807, 2.05) is 32.0 Å². The maximum absolute atomic E-state index is 13.7. The zero-order valence-corrected chi connectivity index (χ0v) is 24.8. The zero-order chi connectivity index (χ0) is 30.7. The first-order valence-corrected chi connectivity index (χ1v) is 14.6. The summed E-state index contributed by atoms with van der Waals surface area (Å²) in [5, 5.41) is 3.93. The van der Waals surface area contributed by atoms with Gasteiger partial charge in [0.2, 0.25) is 11.7 Å².